The van der Waals surface area contributed by atoms with Gasteiger partial charge in [-0.3, -0.25) is 14.5 Å². The number of hydrogen-bond donors (Lipinski definition) is 1. The molecule has 2 saturated heterocycles. The van der Waals surface area contributed by atoms with Gasteiger partial charge in [0, 0.05) is 38.0 Å². The first-order valence-electron chi connectivity index (χ1n) is 11.0. The molecule has 0 radical (unpaired) electrons. The van der Waals surface area contributed by atoms with Crippen molar-refractivity contribution < 1.29 is 23.5 Å². The van der Waals surface area contributed by atoms with Crippen molar-refractivity contribution >= 4 is 40.6 Å². The highest BCUT2D eigenvalue weighted by Gasteiger charge is 2.33. The van der Waals surface area contributed by atoms with Gasteiger partial charge in [0.15, 0.2) is 0 Å². The molecule has 0 saturated carbocycles. The van der Waals surface area contributed by atoms with Gasteiger partial charge in [-0.05, 0) is 36.1 Å². The van der Waals surface area contributed by atoms with Crippen LogP contribution in [0.2, 0.25) is 0 Å². The number of carbonyl (C=O) groups is 3. The summed E-state index contributed by atoms with van der Waals surface area (Å²) in [6, 6.07) is 8.60. The third-order valence-corrected chi connectivity index (χ3v) is 6.67. The van der Waals surface area contributed by atoms with Gasteiger partial charge in [-0.15, -0.1) is 11.3 Å². The number of nitrogens with zero attached hydrogens (tertiary/aromatic N) is 3. The molecule has 10 heteroatoms. The summed E-state index contributed by atoms with van der Waals surface area (Å²) in [5.41, 5.74) is 0.864. The van der Waals surface area contributed by atoms with E-state index in [1.54, 1.807) is 23.5 Å². The number of carbonyl (C=O) groups excluding carboxylic acids is 3. The zero-order valence-corrected chi connectivity index (χ0v) is 19.3. The van der Waals surface area contributed by atoms with E-state index in [1.807, 2.05) is 27.3 Å². The molecule has 2 aromatic rings. The number of nitrogens with one attached hydrogen (secondary N) is 1. The number of anilines is 2. The summed E-state index contributed by atoms with van der Waals surface area (Å²) in [4.78, 5) is 42.1. The Hall–Kier alpha value is -3.14. The van der Waals surface area contributed by atoms with E-state index >= 15 is 4.39 Å². The SMILES string of the molecule is CC(=O)NC[C@H]1CN(c2ccc(N3CCCN(C(=O)Cc4cccs4)CC3)c(F)c2)C(=O)O1. The normalized spacial score (nSPS) is 18.8. The fourth-order valence-electron chi connectivity index (χ4n) is 4.10. The predicted octanol–water partition coefficient (Wildman–Crippen LogP) is 2.63. The van der Waals surface area contributed by atoms with Gasteiger partial charge in [-0.25, -0.2) is 9.18 Å². The van der Waals surface area contributed by atoms with Gasteiger partial charge in [0.1, 0.15) is 11.9 Å². The quantitative estimate of drug-likeness (QED) is 0.696. The molecule has 2 aliphatic rings. The van der Waals surface area contributed by atoms with Crippen LogP contribution < -0.4 is 15.1 Å². The molecule has 2 aliphatic heterocycles. The zero-order valence-electron chi connectivity index (χ0n) is 18.5. The number of ether oxygens (including phenoxy) is 1. The third-order valence-electron chi connectivity index (χ3n) is 5.79. The average Bonchev–Trinajstić information content (AvgIpc) is 3.35. The molecule has 33 heavy (non-hydrogen) atoms. The lowest BCUT2D eigenvalue weighted by atomic mass is 10.2. The van der Waals surface area contributed by atoms with Gasteiger partial charge in [-0.2, -0.15) is 0 Å². The minimum Gasteiger partial charge on any atom is -0.442 e. The van der Waals surface area contributed by atoms with Crippen LogP contribution in [-0.2, 0) is 20.7 Å². The van der Waals surface area contributed by atoms with Crippen molar-refractivity contribution in [1.29, 1.82) is 0 Å². The first-order chi connectivity index (χ1) is 15.9. The van der Waals surface area contributed by atoms with Crippen LogP contribution in [0.25, 0.3) is 0 Å². The maximum absolute atomic E-state index is 15.0. The molecule has 0 aliphatic carbocycles. The molecule has 1 N–H and O–H groups in total. The lowest BCUT2D eigenvalue weighted by Crippen LogP contribution is -2.36. The number of amides is 3. The fourth-order valence-corrected chi connectivity index (χ4v) is 4.79. The van der Waals surface area contributed by atoms with Crippen molar-refractivity contribution in [3.8, 4) is 0 Å². The number of hydrogen-bond acceptors (Lipinski definition) is 6. The van der Waals surface area contributed by atoms with Crippen LogP contribution in [0.3, 0.4) is 0 Å². The number of rotatable bonds is 6. The van der Waals surface area contributed by atoms with Gasteiger partial charge in [-0.1, -0.05) is 6.07 Å². The Morgan fingerprint density at radius 1 is 1.21 bits per heavy atom. The number of halogens is 1. The van der Waals surface area contributed by atoms with Crippen LogP contribution >= 0.6 is 11.3 Å². The van der Waals surface area contributed by atoms with Gasteiger partial charge in [0.25, 0.3) is 0 Å². The van der Waals surface area contributed by atoms with E-state index in [4.69, 9.17) is 4.74 Å². The van der Waals surface area contributed by atoms with Gasteiger partial charge in [0.05, 0.1) is 30.9 Å². The topological polar surface area (TPSA) is 82.2 Å². The standard InChI is InChI=1S/C23H27FN4O4S/c1-16(29)25-14-18-15-28(23(31)32-18)17-5-6-21(20(24)12-17)26-7-3-8-27(10-9-26)22(30)13-19-4-2-11-33-19/h2,4-6,11-12,18H,3,7-10,13-15H2,1H3,(H,25,29)/t18-/m0/s1. The highest BCUT2D eigenvalue weighted by atomic mass is 32.1. The Balaban J connectivity index is 1.37. The van der Waals surface area contributed by atoms with Gasteiger partial charge in [0.2, 0.25) is 11.8 Å². The van der Waals surface area contributed by atoms with E-state index in [0.29, 0.717) is 44.0 Å². The van der Waals surface area contributed by atoms with E-state index in [-0.39, 0.29) is 24.9 Å². The molecule has 3 heterocycles. The molecular weight excluding hydrogens is 447 g/mol. The Kier molecular flexibility index (Phi) is 7.12. The second-order valence-corrected chi connectivity index (χ2v) is 9.20. The van der Waals surface area contributed by atoms with Gasteiger partial charge >= 0.3 is 6.09 Å². The van der Waals surface area contributed by atoms with E-state index in [1.165, 1.54) is 17.9 Å². The molecule has 2 fully saturated rings. The minimum absolute atomic E-state index is 0.0940. The molecule has 0 spiro atoms. The highest BCUT2D eigenvalue weighted by molar-refractivity contribution is 7.10. The molecule has 1 atom stereocenters. The first kappa shape index (κ1) is 23.0. The molecule has 3 amide bonds. The Morgan fingerprint density at radius 3 is 2.79 bits per heavy atom. The Morgan fingerprint density at radius 2 is 2.06 bits per heavy atom. The van der Waals surface area contributed by atoms with Crippen molar-refractivity contribution in [1.82, 2.24) is 10.2 Å². The van der Waals surface area contributed by atoms with E-state index in [9.17, 15) is 14.4 Å². The van der Waals surface area contributed by atoms with E-state index in [0.717, 1.165) is 11.3 Å². The maximum Gasteiger partial charge on any atom is 0.414 e. The smallest absolute Gasteiger partial charge is 0.414 e. The molecule has 1 aromatic heterocycles. The first-order valence-corrected chi connectivity index (χ1v) is 11.9. The Bertz CT molecular complexity index is 1020. The average molecular weight is 475 g/mol. The summed E-state index contributed by atoms with van der Waals surface area (Å²) in [6.45, 7) is 4.21. The highest BCUT2D eigenvalue weighted by Crippen LogP contribution is 2.28. The zero-order chi connectivity index (χ0) is 23.4. The predicted molar refractivity (Wildman–Crippen MR) is 124 cm³/mol. The fraction of sp³-hybridized carbons (Fsp3) is 0.435. The van der Waals surface area contributed by atoms with Crippen LogP contribution in [-0.4, -0.2) is 68.2 Å². The van der Waals surface area contributed by atoms with Crippen LogP contribution in [0, 0.1) is 5.82 Å². The molecular formula is C23H27FN4O4S. The van der Waals surface area contributed by atoms with Crippen LogP contribution in [0.4, 0.5) is 20.6 Å². The van der Waals surface area contributed by atoms with E-state index < -0.39 is 18.0 Å². The Labute approximate surface area is 195 Å². The number of thiophene rings is 1. The summed E-state index contributed by atoms with van der Waals surface area (Å²) < 4.78 is 20.3. The van der Waals surface area contributed by atoms with Gasteiger partial charge < -0.3 is 19.9 Å². The molecule has 8 nitrogen and oxygen atoms in total. The summed E-state index contributed by atoms with van der Waals surface area (Å²) in [6.07, 6.45) is 0.107. The summed E-state index contributed by atoms with van der Waals surface area (Å²) in [5, 5.41) is 4.58. The van der Waals surface area contributed by atoms with Crippen LogP contribution in [0.5, 0.6) is 0 Å². The second-order valence-electron chi connectivity index (χ2n) is 8.17. The molecule has 176 valence electrons. The van der Waals surface area contributed by atoms with Crippen LogP contribution in [0.1, 0.15) is 18.2 Å². The van der Waals surface area contributed by atoms with Crippen molar-refractivity contribution in [2.24, 2.45) is 0 Å². The molecule has 1 aromatic carbocycles. The monoisotopic (exact) mass is 474 g/mol. The summed E-state index contributed by atoms with van der Waals surface area (Å²) >= 11 is 1.57. The lowest BCUT2D eigenvalue weighted by molar-refractivity contribution is -0.130. The van der Waals surface area contributed by atoms with E-state index in [2.05, 4.69) is 5.32 Å². The van der Waals surface area contributed by atoms with Crippen molar-refractivity contribution in [2.75, 3.05) is 49.1 Å². The number of benzene rings is 1. The molecule has 4 rings (SSSR count). The molecule has 0 bridgehead atoms. The second kappa shape index (κ2) is 10.2. The number of cyclic esters (lactones) is 1. The van der Waals surface area contributed by atoms with Crippen LogP contribution in [0.15, 0.2) is 35.7 Å². The summed E-state index contributed by atoms with van der Waals surface area (Å²) in [7, 11) is 0. The third kappa shape index (κ3) is 5.62. The minimum atomic E-state index is -0.563. The lowest BCUT2D eigenvalue weighted by Gasteiger charge is -2.25. The molecule has 0 unspecified atom stereocenters. The van der Waals surface area contributed by atoms with Crippen molar-refractivity contribution in [2.45, 2.75) is 25.9 Å². The van der Waals surface area contributed by atoms with Crippen molar-refractivity contribution in [3.05, 3.63) is 46.4 Å². The summed E-state index contributed by atoms with van der Waals surface area (Å²) in [5.74, 6) is -0.537. The van der Waals surface area contributed by atoms with Crippen molar-refractivity contribution in [3.63, 3.8) is 0 Å². The largest absolute Gasteiger partial charge is 0.442 e. The maximum atomic E-state index is 15.0.